The fourth-order valence-electron chi connectivity index (χ4n) is 1.07. The fourth-order valence-corrected chi connectivity index (χ4v) is 1.28. The number of hydrogen-bond donors (Lipinski definition) is 0. The van der Waals surface area contributed by atoms with Gasteiger partial charge in [-0.05, 0) is 6.07 Å². The molecule has 15 heavy (non-hydrogen) atoms. The van der Waals surface area contributed by atoms with Crippen molar-refractivity contribution in [2.75, 3.05) is 7.11 Å². The van der Waals surface area contributed by atoms with Crippen molar-refractivity contribution in [1.82, 2.24) is 4.98 Å². The number of aromatic nitrogens is 1. The van der Waals surface area contributed by atoms with Gasteiger partial charge in [0, 0.05) is 5.56 Å². The number of nitrogens with zero attached hydrogens (tertiary/aromatic N) is 2. The third kappa shape index (κ3) is 2.34. The molecule has 1 aromatic heterocycles. The molecule has 3 nitrogen and oxygen atoms in total. The summed E-state index contributed by atoms with van der Waals surface area (Å²) in [6, 6.07) is 2.91. The lowest BCUT2D eigenvalue weighted by atomic mass is 10.1. The van der Waals surface area contributed by atoms with Crippen LogP contribution in [0.1, 0.15) is 23.2 Å². The molecule has 6 heteroatoms. The lowest BCUT2D eigenvalue weighted by Crippen LogP contribution is -2.01. The maximum Gasteiger partial charge on any atom is 0.269 e. The average molecular weight is 233 g/mol. The molecule has 0 saturated heterocycles. The summed E-state index contributed by atoms with van der Waals surface area (Å²) < 4.78 is 29.7. The topological polar surface area (TPSA) is 45.9 Å². The van der Waals surface area contributed by atoms with Gasteiger partial charge >= 0.3 is 0 Å². The second-order valence-electron chi connectivity index (χ2n) is 2.64. The Morgan fingerprint density at radius 3 is 2.73 bits per heavy atom. The first kappa shape index (κ1) is 11.7. The summed E-state index contributed by atoms with van der Waals surface area (Å²) in [5.74, 6) is -0.282. The summed E-state index contributed by atoms with van der Waals surface area (Å²) in [6.07, 6.45) is -2.71. The molecule has 1 heterocycles. The van der Waals surface area contributed by atoms with E-state index in [9.17, 15) is 8.78 Å². The van der Waals surface area contributed by atoms with Gasteiger partial charge in [-0.1, -0.05) is 0 Å². The van der Waals surface area contributed by atoms with E-state index in [0.717, 1.165) is 6.07 Å². The predicted molar refractivity (Wildman–Crippen MR) is 50.0 cm³/mol. The van der Waals surface area contributed by atoms with Gasteiger partial charge in [-0.25, -0.2) is 13.8 Å². The summed E-state index contributed by atoms with van der Waals surface area (Å²) >= 11 is 5.51. The molecule has 0 aliphatic carbocycles. The van der Waals surface area contributed by atoms with E-state index in [1.54, 1.807) is 6.07 Å². The largest absolute Gasteiger partial charge is 0.481 e. The monoisotopic (exact) mass is 232 g/mol. The third-order valence-electron chi connectivity index (χ3n) is 1.77. The quantitative estimate of drug-likeness (QED) is 0.753. The summed E-state index contributed by atoms with van der Waals surface area (Å²) in [4.78, 5) is 3.65. The Bertz CT molecular complexity index is 404. The number of ether oxygens (including phenoxy) is 1. The molecule has 0 radical (unpaired) electrons. The Hall–Kier alpha value is -1.41. The standard InChI is InChI=1S/C9H7ClF2N2O/c1-15-9-6(8(11)12)2-5(3-10)7(4-13)14-9/h2,8H,3H2,1H3. The molecule has 0 aromatic carbocycles. The average Bonchev–Trinajstić information content (AvgIpc) is 2.26. The predicted octanol–water partition coefficient (Wildman–Crippen LogP) is 2.64. The van der Waals surface area contributed by atoms with Crippen molar-refractivity contribution >= 4 is 11.6 Å². The van der Waals surface area contributed by atoms with Crippen molar-refractivity contribution in [2.45, 2.75) is 12.3 Å². The van der Waals surface area contributed by atoms with E-state index in [1.165, 1.54) is 7.11 Å². The molecule has 0 saturated carbocycles. The van der Waals surface area contributed by atoms with Crippen LogP contribution in [0.2, 0.25) is 0 Å². The molecule has 1 aromatic rings. The Kier molecular flexibility index (Phi) is 3.81. The maximum atomic E-state index is 12.5. The molecule has 0 bridgehead atoms. The maximum absolute atomic E-state index is 12.5. The van der Waals surface area contributed by atoms with Crippen LogP contribution < -0.4 is 4.74 Å². The van der Waals surface area contributed by atoms with Crippen molar-refractivity contribution in [1.29, 1.82) is 5.26 Å². The number of pyridine rings is 1. The van der Waals surface area contributed by atoms with E-state index in [0.29, 0.717) is 0 Å². The van der Waals surface area contributed by atoms with Crippen LogP contribution in [-0.2, 0) is 5.88 Å². The van der Waals surface area contributed by atoms with Gasteiger partial charge in [0.2, 0.25) is 5.88 Å². The summed E-state index contributed by atoms with van der Waals surface area (Å²) in [5.41, 5.74) is -0.0753. The summed E-state index contributed by atoms with van der Waals surface area (Å²) in [6.45, 7) is 0. The third-order valence-corrected chi connectivity index (χ3v) is 2.06. The van der Waals surface area contributed by atoms with Crippen molar-refractivity contribution in [2.24, 2.45) is 0 Å². The van der Waals surface area contributed by atoms with Crippen molar-refractivity contribution in [3.8, 4) is 11.9 Å². The SMILES string of the molecule is COc1nc(C#N)c(CCl)cc1C(F)F. The van der Waals surface area contributed by atoms with Gasteiger partial charge in [0.25, 0.3) is 6.43 Å². The number of alkyl halides is 3. The summed E-state index contributed by atoms with van der Waals surface area (Å²) in [7, 11) is 1.22. The fraction of sp³-hybridized carbons (Fsp3) is 0.333. The van der Waals surface area contributed by atoms with Gasteiger partial charge in [0.15, 0.2) is 0 Å². The molecule has 0 unspecified atom stereocenters. The molecule has 0 aliphatic heterocycles. The number of methoxy groups -OCH3 is 1. The van der Waals surface area contributed by atoms with Crippen LogP contribution >= 0.6 is 11.6 Å². The minimum Gasteiger partial charge on any atom is -0.481 e. The van der Waals surface area contributed by atoms with E-state index >= 15 is 0 Å². The van der Waals surface area contributed by atoms with Crippen LogP contribution in [-0.4, -0.2) is 12.1 Å². The minimum atomic E-state index is -2.71. The number of rotatable bonds is 3. The second kappa shape index (κ2) is 4.89. The smallest absolute Gasteiger partial charge is 0.269 e. The van der Waals surface area contributed by atoms with Gasteiger partial charge < -0.3 is 4.74 Å². The van der Waals surface area contributed by atoms with Gasteiger partial charge in [-0.3, -0.25) is 0 Å². The number of halogens is 3. The lowest BCUT2D eigenvalue weighted by molar-refractivity contribution is 0.146. The molecule has 0 N–H and O–H groups in total. The van der Waals surface area contributed by atoms with Crippen LogP contribution in [0.5, 0.6) is 5.88 Å². The molecular formula is C9H7ClF2N2O. The molecule has 0 atom stereocenters. The molecule has 1 rings (SSSR count). The molecule has 0 aliphatic rings. The van der Waals surface area contributed by atoms with Crippen molar-refractivity contribution < 1.29 is 13.5 Å². The number of hydrogen-bond acceptors (Lipinski definition) is 3. The minimum absolute atomic E-state index is 0.00579. The van der Waals surface area contributed by atoms with Crippen LogP contribution in [0.25, 0.3) is 0 Å². The lowest BCUT2D eigenvalue weighted by Gasteiger charge is -2.09. The Morgan fingerprint density at radius 2 is 2.33 bits per heavy atom. The zero-order valence-electron chi connectivity index (χ0n) is 7.80. The molecular weight excluding hydrogens is 226 g/mol. The van der Waals surface area contributed by atoms with Gasteiger partial charge in [0.1, 0.15) is 11.8 Å². The highest BCUT2D eigenvalue weighted by atomic mass is 35.5. The molecule has 0 spiro atoms. The van der Waals surface area contributed by atoms with Crippen LogP contribution in [0.15, 0.2) is 6.07 Å². The first-order valence-electron chi connectivity index (χ1n) is 3.96. The van der Waals surface area contributed by atoms with Crippen molar-refractivity contribution in [3.63, 3.8) is 0 Å². The zero-order valence-corrected chi connectivity index (χ0v) is 8.55. The summed E-state index contributed by atoms with van der Waals surface area (Å²) in [5, 5.41) is 8.68. The van der Waals surface area contributed by atoms with Crippen LogP contribution in [0, 0.1) is 11.3 Å². The highest BCUT2D eigenvalue weighted by Gasteiger charge is 2.18. The van der Waals surface area contributed by atoms with Crippen molar-refractivity contribution in [3.05, 3.63) is 22.9 Å². The van der Waals surface area contributed by atoms with E-state index in [2.05, 4.69) is 9.72 Å². The Balaban J connectivity index is 3.36. The van der Waals surface area contributed by atoms with Gasteiger partial charge in [-0.2, -0.15) is 5.26 Å². The molecule has 0 fully saturated rings. The Morgan fingerprint density at radius 1 is 1.67 bits per heavy atom. The van der Waals surface area contributed by atoms with Gasteiger partial charge in [0.05, 0.1) is 18.6 Å². The van der Waals surface area contributed by atoms with Gasteiger partial charge in [-0.15, -0.1) is 11.6 Å². The Labute approximate surface area is 90.3 Å². The second-order valence-corrected chi connectivity index (χ2v) is 2.91. The van der Waals surface area contributed by atoms with E-state index < -0.39 is 6.43 Å². The molecule has 80 valence electrons. The highest BCUT2D eigenvalue weighted by Crippen LogP contribution is 2.29. The first-order chi connectivity index (χ1) is 7.13. The van der Waals surface area contributed by atoms with Crippen LogP contribution in [0.3, 0.4) is 0 Å². The first-order valence-corrected chi connectivity index (χ1v) is 4.49. The molecule has 0 amide bonds. The van der Waals surface area contributed by atoms with E-state index in [1.807, 2.05) is 0 Å². The van der Waals surface area contributed by atoms with E-state index in [4.69, 9.17) is 16.9 Å². The zero-order chi connectivity index (χ0) is 11.4. The van der Waals surface area contributed by atoms with Crippen LogP contribution in [0.4, 0.5) is 8.78 Å². The van der Waals surface area contributed by atoms with E-state index in [-0.39, 0.29) is 28.6 Å². The normalized spacial score (nSPS) is 10.1. The highest BCUT2D eigenvalue weighted by molar-refractivity contribution is 6.17. The number of nitriles is 1.